The summed E-state index contributed by atoms with van der Waals surface area (Å²) >= 11 is 11.8. The molecule has 0 fully saturated rings. The number of nitrogens with zero attached hydrogens (tertiary/aromatic N) is 1. The van der Waals surface area contributed by atoms with Crippen molar-refractivity contribution in [3.05, 3.63) is 52.7 Å². The topological polar surface area (TPSA) is 22.1 Å². The summed E-state index contributed by atoms with van der Waals surface area (Å²) in [5.74, 6) is 1.69. The zero-order valence-electron chi connectivity index (χ0n) is 11.8. The lowest BCUT2D eigenvalue weighted by atomic mass is 9.91. The van der Waals surface area contributed by atoms with Gasteiger partial charge in [-0.3, -0.25) is 0 Å². The van der Waals surface area contributed by atoms with E-state index in [0.29, 0.717) is 22.5 Å². The van der Waals surface area contributed by atoms with Gasteiger partial charge < -0.3 is 4.74 Å². The zero-order valence-corrected chi connectivity index (χ0v) is 13.3. The van der Waals surface area contributed by atoms with Crippen molar-refractivity contribution >= 4 is 23.2 Å². The maximum absolute atomic E-state index is 5.94. The van der Waals surface area contributed by atoms with Gasteiger partial charge in [-0.05, 0) is 35.9 Å². The monoisotopic (exact) mass is 309 g/mol. The molecule has 0 saturated heterocycles. The lowest BCUT2D eigenvalue weighted by Gasteiger charge is -2.19. The van der Waals surface area contributed by atoms with Crippen LogP contribution in [0.15, 0.2) is 36.4 Å². The van der Waals surface area contributed by atoms with E-state index in [0.717, 1.165) is 11.3 Å². The fourth-order valence-electron chi connectivity index (χ4n) is 1.70. The van der Waals surface area contributed by atoms with E-state index < -0.39 is 0 Å². The maximum Gasteiger partial charge on any atom is 0.219 e. The molecule has 0 N–H and O–H groups in total. The number of hydrogen-bond acceptors (Lipinski definition) is 2. The summed E-state index contributed by atoms with van der Waals surface area (Å²) in [7, 11) is 0. The third kappa shape index (κ3) is 3.87. The van der Waals surface area contributed by atoms with Gasteiger partial charge in [0, 0.05) is 22.4 Å². The van der Waals surface area contributed by atoms with Crippen molar-refractivity contribution < 1.29 is 4.74 Å². The fraction of sp³-hybridized carbons (Fsp3) is 0.312. The van der Waals surface area contributed by atoms with Crippen LogP contribution in [0.2, 0.25) is 5.02 Å². The molecule has 2 rings (SSSR count). The SMILES string of the molecule is CC(C)(C)c1cc(CCl)cc(Oc2ccc(Cl)cc2)n1. The first-order valence-corrected chi connectivity index (χ1v) is 7.30. The highest BCUT2D eigenvalue weighted by atomic mass is 35.5. The van der Waals surface area contributed by atoms with Crippen LogP contribution >= 0.6 is 23.2 Å². The molecule has 0 saturated carbocycles. The Morgan fingerprint density at radius 2 is 1.75 bits per heavy atom. The summed E-state index contributed by atoms with van der Waals surface area (Å²) in [6.07, 6.45) is 0. The van der Waals surface area contributed by atoms with E-state index in [1.54, 1.807) is 12.1 Å². The van der Waals surface area contributed by atoms with Gasteiger partial charge in [-0.25, -0.2) is 4.98 Å². The minimum absolute atomic E-state index is 0.0554. The Hall–Kier alpha value is -1.25. The zero-order chi connectivity index (χ0) is 14.8. The largest absolute Gasteiger partial charge is 0.439 e. The van der Waals surface area contributed by atoms with Crippen LogP contribution in [0, 0.1) is 0 Å². The third-order valence-corrected chi connectivity index (χ3v) is 3.38. The number of pyridine rings is 1. The Morgan fingerprint density at radius 3 is 2.30 bits per heavy atom. The van der Waals surface area contributed by atoms with Crippen molar-refractivity contribution in [2.24, 2.45) is 0 Å². The minimum Gasteiger partial charge on any atom is -0.439 e. The van der Waals surface area contributed by atoms with Crippen LogP contribution in [0.4, 0.5) is 0 Å². The summed E-state index contributed by atoms with van der Waals surface area (Å²) in [4.78, 5) is 4.56. The van der Waals surface area contributed by atoms with Crippen LogP contribution in [0.5, 0.6) is 11.6 Å². The van der Waals surface area contributed by atoms with Gasteiger partial charge in [-0.15, -0.1) is 11.6 Å². The molecule has 2 nitrogen and oxygen atoms in total. The van der Waals surface area contributed by atoms with E-state index in [2.05, 4.69) is 25.8 Å². The van der Waals surface area contributed by atoms with Crippen molar-refractivity contribution in [1.82, 2.24) is 4.98 Å². The van der Waals surface area contributed by atoms with Gasteiger partial charge in [0.1, 0.15) is 5.75 Å². The fourth-order valence-corrected chi connectivity index (χ4v) is 1.98. The minimum atomic E-state index is -0.0554. The molecule has 0 aliphatic rings. The molecule has 0 aliphatic heterocycles. The second kappa shape index (κ2) is 6.02. The van der Waals surface area contributed by atoms with Crippen molar-refractivity contribution in [2.45, 2.75) is 32.1 Å². The van der Waals surface area contributed by atoms with E-state index in [4.69, 9.17) is 27.9 Å². The first-order valence-electron chi connectivity index (χ1n) is 6.39. The smallest absolute Gasteiger partial charge is 0.219 e. The number of aromatic nitrogens is 1. The van der Waals surface area contributed by atoms with Gasteiger partial charge in [-0.2, -0.15) is 0 Å². The predicted molar refractivity (Wildman–Crippen MR) is 84.0 cm³/mol. The number of rotatable bonds is 3. The van der Waals surface area contributed by atoms with Crippen LogP contribution in [-0.4, -0.2) is 4.98 Å². The van der Waals surface area contributed by atoms with Gasteiger partial charge in [0.05, 0.1) is 5.69 Å². The highest BCUT2D eigenvalue weighted by Crippen LogP contribution is 2.28. The number of benzene rings is 1. The first kappa shape index (κ1) is 15.1. The quantitative estimate of drug-likeness (QED) is 0.692. The van der Waals surface area contributed by atoms with Crippen molar-refractivity contribution in [1.29, 1.82) is 0 Å². The van der Waals surface area contributed by atoms with Gasteiger partial charge in [-0.1, -0.05) is 32.4 Å². The molecule has 106 valence electrons. The van der Waals surface area contributed by atoms with E-state index in [1.807, 2.05) is 24.3 Å². The van der Waals surface area contributed by atoms with Gasteiger partial charge in [0.2, 0.25) is 5.88 Å². The first-order chi connectivity index (χ1) is 9.38. The highest BCUT2D eigenvalue weighted by Gasteiger charge is 2.17. The maximum atomic E-state index is 5.94. The van der Waals surface area contributed by atoms with Crippen LogP contribution in [0.1, 0.15) is 32.0 Å². The van der Waals surface area contributed by atoms with Gasteiger partial charge in [0.25, 0.3) is 0 Å². The molecular weight excluding hydrogens is 293 g/mol. The molecule has 1 heterocycles. The molecule has 2 aromatic rings. The average molecular weight is 310 g/mol. The second-order valence-corrected chi connectivity index (χ2v) is 6.34. The molecular formula is C16H17Cl2NO. The third-order valence-electron chi connectivity index (χ3n) is 2.82. The van der Waals surface area contributed by atoms with E-state index >= 15 is 0 Å². The molecule has 0 unspecified atom stereocenters. The Bertz CT molecular complexity index is 588. The van der Waals surface area contributed by atoms with Crippen LogP contribution in [-0.2, 0) is 11.3 Å². The second-order valence-electron chi connectivity index (χ2n) is 5.64. The van der Waals surface area contributed by atoms with Crippen LogP contribution in [0.25, 0.3) is 0 Å². The number of ether oxygens (including phenoxy) is 1. The van der Waals surface area contributed by atoms with Crippen LogP contribution < -0.4 is 4.74 Å². The molecule has 1 aromatic carbocycles. The van der Waals surface area contributed by atoms with Crippen molar-refractivity contribution in [3.63, 3.8) is 0 Å². The Balaban J connectivity index is 2.33. The molecule has 0 radical (unpaired) electrons. The van der Waals surface area contributed by atoms with Crippen LogP contribution in [0.3, 0.4) is 0 Å². The van der Waals surface area contributed by atoms with Gasteiger partial charge >= 0.3 is 0 Å². The van der Waals surface area contributed by atoms with E-state index in [1.165, 1.54) is 0 Å². The molecule has 0 spiro atoms. The molecule has 0 aliphatic carbocycles. The van der Waals surface area contributed by atoms with E-state index in [9.17, 15) is 0 Å². The van der Waals surface area contributed by atoms with E-state index in [-0.39, 0.29) is 5.41 Å². The Kier molecular flexibility index (Phi) is 4.56. The number of alkyl halides is 1. The average Bonchev–Trinajstić information content (AvgIpc) is 2.40. The molecule has 4 heteroatoms. The molecule has 1 aromatic heterocycles. The molecule has 0 bridgehead atoms. The molecule has 0 atom stereocenters. The Morgan fingerprint density at radius 1 is 1.10 bits per heavy atom. The van der Waals surface area contributed by atoms with Crippen molar-refractivity contribution in [2.75, 3.05) is 0 Å². The summed E-state index contributed by atoms with van der Waals surface area (Å²) < 4.78 is 5.78. The lowest BCUT2D eigenvalue weighted by Crippen LogP contribution is -2.14. The van der Waals surface area contributed by atoms with Crippen molar-refractivity contribution in [3.8, 4) is 11.6 Å². The molecule has 20 heavy (non-hydrogen) atoms. The number of halogens is 2. The highest BCUT2D eigenvalue weighted by molar-refractivity contribution is 6.30. The summed E-state index contributed by atoms with van der Waals surface area (Å²) in [6.45, 7) is 6.33. The number of hydrogen-bond donors (Lipinski definition) is 0. The lowest BCUT2D eigenvalue weighted by molar-refractivity contribution is 0.451. The summed E-state index contributed by atoms with van der Waals surface area (Å²) in [5, 5.41) is 0.676. The predicted octanol–water partition coefficient (Wildman–Crippen LogP) is 5.56. The summed E-state index contributed by atoms with van der Waals surface area (Å²) in [5.41, 5.74) is 1.90. The molecule has 0 amide bonds. The standard InChI is InChI=1S/C16H17Cl2NO/c1-16(2,3)14-8-11(10-17)9-15(19-14)20-13-6-4-12(18)5-7-13/h4-9H,10H2,1-3H3. The summed E-state index contributed by atoms with van der Waals surface area (Å²) in [6, 6.07) is 11.1. The normalized spacial score (nSPS) is 11.4. The Labute approximate surface area is 129 Å². The van der Waals surface area contributed by atoms with Gasteiger partial charge in [0.15, 0.2) is 0 Å².